The number of rotatable bonds is 4. The molecule has 1 saturated carbocycles. The largest absolute Gasteiger partial charge is 0.480 e. The first-order valence-electron chi connectivity index (χ1n) is 5.51. The summed E-state index contributed by atoms with van der Waals surface area (Å²) in [4.78, 5) is 11.1. The molecular formula is C9H16BNO5. The number of aliphatic carboxylic acids is 1. The summed E-state index contributed by atoms with van der Waals surface area (Å²) in [6, 6.07) is 0. The minimum absolute atomic E-state index is 0.119. The van der Waals surface area contributed by atoms with E-state index >= 15 is 0 Å². The molecule has 0 amide bonds. The molecule has 3 atom stereocenters. The maximum atomic E-state index is 11.1. The number of hydrogen-bond acceptors (Lipinski definition) is 5. The predicted molar refractivity (Wildman–Crippen MR) is 55.4 cm³/mol. The summed E-state index contributed by atoms with van der Waals surface area (Å²) in [5.41, 5.74) is -2.44. The van der Waals surface area contributed by atoms with Gasteiger partial charge in [-0.05, 0) is 31.5 Å². The highest BCUT2D eigenvalue weighted by molar-refractivity contribution is 6.40. The Balaban J connectivity index is 1.95. The van der Waals surface area contributed by atoms with Crippen LogP contribution in [0.25, 0.3) is 0 Å². The molecule has 0 bridgehead atoms. The van der Waals surface area contributed by atoms with Gasteiger partial charge >= 0.3 is 13.1 Å². The average Bonchev–Trinajstić information content (AvgIpc) is 2.82. The Morgan fingerprint density at radius 2 is 2.19 bits per heavy atom. The lowest BCUT2D eigenvalue weighted by Crippen LogP contribution is -2.40. The van der Waals surface area contributed by atoms with E-state index in [1.54, 1.807) is 0 Å². The van der Waals surface area contributed by atoms with E-state index in [4.69, 9.17) is 15.2 Å². The van der Waals surface area contributed by atoms with Gasteiger partial charge in [0.25, 0.3) is 0 Å². The van der Waals surface area contributed by atoms with Gasteiger partial charge in [0, 0.05) is 0 Å². The zero-order valence-electron chi connectivity index (χ0n) is 8.89. The Morgan fingerprint density at radius 3 is 2.75 bits per heavy atom. The Morgan fingerprint density at radius 1 is 1.50 bits per heavy atom. The Hall–Kier alpha value is -0.625. The molecule has 0 spiro atoms. The standard InChI is InChI=1S/C9H16BNO5/c12-7(13)8-5-6(2-4-10(15)16)1-3-9(8,14)11-8/h6,11,14-16H,1-5H2,(H,12,13). The smallest absolute Gasteiger partial charge is 0.451 e. The van der Waals surface area contributed by atoms with Gasteiger partial charge in [-0.25, -0.2) is 0 Å². The Kier molecular flexibility index (Phi) is 2.74. The maximum absolute atomic E-state index is 11.1. The average molecular weight is 229 g/mol. The summed E-state index contributed by atoms with van der Waals surface area (Å²) in [7, 11) is -1.34. The van der Waals surface area contributed by atoms with E-state index in [0.29, 0.717) is 25.7 Å². The van der Waals surface area contributed by atoms with E-state index in [1.165, 1.54) is 0 Å². The van der Waals surface area contributed by atoms with Crippen LogP contribution in [0.1, 0.15) is 25.7 Å². The summed E-state index contributed by atoms with van der Waals surface area (Å²) in [6.45, 7) is 0. The van der Waals surface area contributed by atoms with E-state index in [-0.39, 0.29) is 12.2 Å². The number of nitrogens with one attached hydrogen (secondary N) is 1. The van der Waals surface area contributed by atoms with Crippen molar-refractivity contribution in [2.75, 3.05) is 0 Å². The lowest BCUT2D eigenvalue weighted by molar-refractivity contribution is -0.143. The molecule has 1 aliphatic heterocycles. The van der Waals surface area contributed by atoms with Crippen molar-refractivity contribution in [2.24, 2.45) is 5.92 Å². The van der Waals surface area contributed by atoms with E-state index < -0.39 is 24.4 Å². The molecule has 6 nitrogen and oxygen atoms in total. The third-order valence-electron chi connectivity index (χ3n) is 3.77. The van der Waals surface area contributed by atoms with Gasteiger partial charge in [0.1, 0.15) is 5.72 Å². The third-order valence-corrected chi connectivity index (χ3v) is 3.77. The number of carbonyl (C=O) groups is 1. The maximum Gasteiger partial charge on any atom is 0.451 e. The third kappa shape index (κ3) is 1.73. The fourth-order valence-corrected chi connectivity index (χ4v) is 2.71. The molecule has 7 heteroatoms. The summed E-state index contributed by atoms with van der Waals surface area (Å²) in [5, 5.41) is 39.1. The number of hydrogen-bond donors (Lipinski definition) is 5. The van der Waals surface area contributed by atoms with Crippen LogP contribution in [-0.4, -0.2) is 44.6 Å². The fourth-order valence-electron chi connectivity index (χ4n) is 2.71. The molecule has 2 rings (SSSR count). The normalized spacial score (nSPS) is 41.3. The van der Waals surface area contributed by atoms with Crippen LogP contribution in [0, 0.1) is 5.92 Å². The van der Waals surface area contributed by atoms with Crippen molar-refractivity contribution >= 4 is 13.1 Å². The highest BCUT2D eigenvalue weighted by Gasteiger charge is 2.73. The molecule has 3 unspecified atom stereocenters. The summed E-state index contributed by atoms with van der Waals surface area (Å²) < 4.78 is 0. The van der Waals surface area contributed by atoms with Crippen molar-refractivity contribution in [1.29, 1.82) is 0 Å². The van der Waals surface area contributed by atoms with Crippen LogP contribution < -0.4 is 5.32 Å². The zero-order chi connectivity index (χ0) is 12.0. The van der Waals surface area contributed by atoms with Gasteiger partial charge < -0.3 is 20.3 Å². The van der Waals surface area contributed by atoms with Crippen molar-refractivity contribution in [3.63, 3.8) is 0 Å². The van der Waals surface area contributed by atoms with Crippen LogP contribution in [0.5, 0.6) is 0 Å². The zero-order valence-corrected chi connectivity index (χ0v) is 8.89. The summed E-state index contributed by atoms with van der Waals surface area (Å²) in [6.07, 6.45) is 2.30. The molecule has 1 saturated heterocycles. The van der Waals surface area contributed by atoms with Crippen molar-refractivity contribution < 1.29 is 25.1 Å². The number of fused-ring (bicyclic) bond motifs is 1. The topological polar surface area (TPSA) is 120 Å². The molecule has 1 heterocycles. The van der Waals surface area contributed by atoms with Crippen LogP contribution in [-0.2, 0) is 4.79 Å². The van der Waals surface area contributed by atoms with Gasteiger partial charge in [-0.15, -0.1) is 0 Å². The van der Waals surface area contributed by atoms with E-state index in [2.05, 4.69) is 5.32 Å². The van der Waals surface area contributed by atoms with Crippen molar-refractivity contribution in [2.45, 2.75) is 43.3 Å². The quantitative estimate of drug-likeness (QED) is 0.304. The number of carboxylic acids is 1. The van der Waals surface area contributed by atoms with Crippen LogP contribution in [0.2, 0.25) is 6.32 Å². The molecule has 2 aliphatic rings. The van der Waals surface area contributed by atoms with Gasteiger partial charge in [0.05, 0.1) is 0 Å². The van der Waals surface area contributed by atoms with Gasteiger partial charge in [0.15, 0.2) is 5.54 Å². The predicted octanol–water partition coefficient (Wildman–Crippen LogP) is -1.24. The Bertz CT molecular complexity index is 312. The second-order valence-electron chi connectivity index (χ2n) is 4.86. The molecule has 16 heavy (non-hydrogen) atoms. The highest BCUT2D eigenvalue weighted by atomic mass is 16.4. The minimum Gasteiger partial charge on any atom is -0.480 e. The van der Waals surface area contributed by atoms with Crippen molar-refractivity contribution in [3.8, 4) is 0 Å². The van der Waals surface area contributed by atoms with E-state index in [9.17, 15) is 9.90 Å². The fraction of sp³-hybridized carbons (Fsp3) is 0.889. The van der Waals surface area contributed by atoms with E-state index in [1.807, 2.05) is 0 Å². The summed E-state index contributed by atoms with van der Waals surface area (Å²) >= 11 is 0. The second kappa shape index (κ2) is 3.70. The molecule has 2 fully saturated rings. The lowest BCUT2D eigenvalue weighted by atomic mass is 9.73. The van der Waals surface area contributed by atoms with E-state index in [0.717, 1.165) is 0 Å². The number of aliphatic hydroxyl groups is 1. The first kappa shape index (κ1) is 11.8. The van der Waals surface area contributed by atoms with Crippen LogP contribution in [0.4, 0.5) is 0 Å². The lowest BCUT2D eigenvalue weighted by Gasteiger charge is -2.27. The van der Waals surface area contributed by atoms with Crippen molar-refractivity contribution in [3.05, 3.63) is 0 Å². The molecule has 0 aromatic rings. The second-order valence-corrected chi connectivity index (χ2v) is 4.86. The number of carboxylic acid groups (broad SMARTS) is 1. The van der Waals surface area contributed by atoms with Gasteiger partial charge in [0.2, 0.25) is 0 Å². The van der Waals surface area contributed by atoms with Gasteiger partial charge in [-0.1, -0.05) is 6.42 Å². The first-order valence-corrected chi connectivity index (χ1v) is 5.51. The molecule has 90 valence electrons. The molecule has 5 N–H and O–H groups in total. The van der Waals surface area contributed by atoms with Crippen LogP contribution >= 0.6 is 0 Å². The van der Waals surface area contributed by atoms with Gasteiger partial charge in [-0.3, -0.25) is 10.1 Å². The molecule has 0 radical (unpaired) electrons. The summed E-state index contributed by atoms with van der Waals surface area (Å²) in [5.74, 6) is -0.905. The van der Waals surface area contributed by atoms with Crippen molar-refractivity contribution in [1.82, 2.24) is 5.32 Å². The molecule has 1 aliphatic carbocycles. The SMILES string of the molecule is O=C(O)C12CC(CCB(O)O)CCC1(O)N2. The van der Waals surface area contributed by atoms with Crippen LogP contribution in [0.3, 0.4) is 0 Å². The molecule has 0 aromatic heterocycles. The molecule has 0 aromatic carbocycles. The van der Waals surface area contributed by atoms with Crippen LogP contribution in [0.15, 0.2) is 0 Å². The molecular weight excluding hydrogens is 213 g/mol. The minimum atomic E-state index is -1.34. The monoisotopic (exact) mass is 229 g/mol. The first-order chi connectivity index (χ1) is 7.40. The Labute approximate surface area is 93.4 Å². The van der Waals surface area contributed by atoms with Gasteiger partial charge in [-0.2, -0.15) is 0 Å². The highest BCUT2D eigenvalue weighted by Crippen LogP contribution is 2.51.